The Labute approximate surface area is 159 Å². The molecule has 0 atom stereocenters. The first-order chi connectivity index (χ1) is 13.0. The number of benzene rings is 1. The van der Waals surface area contributed by atoms with Crippen molar-refractivity contribution in [3.8, 4) is 0 Å². The molecule has 2 aromatic heterocycles. The maximum Gasteiger partial charge on any atom is 0.296 e. The fraction of sp³-hybridized carbons (Fsp3) is 0.318. The van der Waals surface area contributed by atoms with Gasteiger partial charge in [0.1, 0.15) is 5.65 Å². The number of hydrogen-bond donors (Lipinski definition) is 1. The zero-order valence-electron chi connectivity index (χ0n) is 16.2. The highest BCUT2D eigenvalue weighted by Crippen LogP contribution is 2.25. The first kappa shape index (κ1) is 18.8. The first-order valence-corrected chi connectivity index (χ1v) is 9.39. The predicted molar refractivity (Wildman–Crippen MR) is 108 cm³/mol. The van der Waals surface area contributed by atoms with Gasteiger partial charge in [0.25, 0.3) is 11.7 Å². The van der Waals surface area contributed by atoms with Crippen LogP contribution in [0.4, 0.5) is 5.69 Å². The lowest BCUT2D eigenvalue weighted by Gasteiger charge is -2.13. The van der Waals surface area contributed by atoms with Crippen LogP contribution in [-0.4, -0.2) is 21.2 Å². The number of rotatable bonds is 6. The van der Waals surface area contributed by atoms with Crippen LogP contribution in [0.2, 0.25) is 0 Å². The average Bonchev–Trinajstić information content (AvgIpc) is 3.07. The van der Waals surface area contributed by atoms with E-state index < -0.39 is 11.7 Å². The monoisotopic (exact) mass is 363 g/mol. The van der Waals surface area contributed by atoms with Gasteiger partial charge in [-0.25, -0.2) is 4.98 Å². The fourth-order valence-corrected chi connectivity index (χ4v) is 3.35. The number of nitrogens with one attached hydrogen (secondary N) is 1. The SMILES string of the molecule is CCc1cccc(CC)c1NC(=O)C(=O)c1cn(C(C)C)c2ncccc12. The number of anilines is 1. The number of carbonyl (C=O) groups is 2. The molecule has 0 radical (unpaired) electrons. The van der Waals surface area contributed by atoms with Crippen molar-refractivity contribution in [2.45, 2.75) is 46.6 Å². The minimum absolute atomic E-state index is 0.138. The van der Waals surface area contributed by atoms with E-state index in [1.54, 1.807) is 18.5 Å². The number of para-hydroxylation sites is 1. The van der Waals surface area contributed by atoms with Gasteiger partial charge in [-0.1, -0.05) is 32.0 Å². The molecule has 0 spiro atoms. The summed E-state index contributed by atoms with van der Waals surface area (Å²) in [6, 6.07) is 9.70. The van der Waals surface area contributed by atoms with Crippen molar-refractivity contribution >= 4 is 28.4 Å². The largest absolute Gasteiger partial charge is 0.329 e. The number of pyridine rings is 1. The van der Waals surface area contributed by atoms with Crippen LogP contribution in [0.3, 0.4) is 0 Å². The zero-order valence-corrected chi connectivity index (χ0v) is 16.2. The Kier molecular flexibility index (Phi) is 5.40. The smallest absolute Gasteiger partial charge is 0.296 e. The van der Waals surface area contributed by atoms with Crippen molar-refractivity contribution in [1.29, 1.82) is 0 Å². The predicted octanol–water partition coefficient (Wildman–Crippen LogP) is 4.56. The van der Waals surface area contributed by atoms with E-state index in [1.807, 2.05) is 56.5 Å². The summed E-state index contributed by atoms with van der Waals surface area (Å²) in [4.78, 5) is 30.1. The van der Waals surface area contributed by atoms with Gasteiger partial charge in [-0.15, -0.1) is 0 Å². The Morgan fingerprint density at radius 1 is 1.07 bits per heavy atom. The molecular formula is C22H25N3O2. The van der Waals surface area contributed by atoms with Gasteiger partial charge in [0, 0.05) is 29.5 Å². The van der Waals surface area contributed by atoms with E-state index in [4.69, 9.17) is 0 Å². The van der Waals surface area contributed by atoms with Gasteiger partial charge in [-0.05, 0) is 49.9 Å². The molecule has 0 saturated carbocycles. The number of carbonyl (C=O) groups excluding carboxylic acids is 2. The second-order valence-corrected chi connectivity index (χ2v) is 6.86. The second-order valence-electron chi connectivity index (χ2n) is 6.86. The Hall–Kier alpha value is -2.95. The van der Waals surface area contributed by atoms with E-state index >= 15 is 0 Å². The van der Waals surface area contributed by atoms with Crippen molar-refractivity contribution in [1.82, 2.24) is 9.55 Å². The Morgan fingerprint density at radius 2 is 1.74 bits per heavy atom. The molecule has 0 aliphatic heterocycles. The summed E-state index contributed by atoms with van der Waals surface area (Å²) in [6.07, 6.45) is 5.00. The summed E-state index contributed by atoms with van der Waals surface area (Å²) in [5, 5.41) is 3.56. The first-order valence-electron chi connectivity index (χ1n) is 9.39. The molecular weight excluding hydrogens is 338 g/mol. The van der Waals surface area contributed by atoms with Gasteiger partial charge in [0.05, 0.1) is 5.56 Å². The van der Waals surface area contributed by atoms with Crippen molar-refractivity contribution in [2.24, 2.45) is 0 Å². The normalized spacial score (nSPS) is 11.1. The van der Waals surface area contributed by atoms with Gasteiger partial charge in [-0.2, -0.15) is 0 Å². The molecule has 5 heteroatoms. The van der Waals surface area contributed by atoms with Crippen molar-refractivity contribution in [2.75, 3.05) is 5.32 Å². The summed E-state index contributed by atoms with van der Waals surface area (Å²) in [5.41, 5.74) is 3.92. The molecule has 5 nitrogen and oxygen atoms in total. The molecule has 140 valence electrons. The van der Waals surface area contributed by atoms with Crippen molar-refractivity contribution in [3.05, 3.63) is 59.4 Å². The molecule has 0 saturated heterocycles. The lowest BCUT2D eigenvalue weighted by molar-refractivity contribution is -0.112. The number of hydrogen-bond acceptors (Lipinski definition) is 3. The summed E-state index contributed by atoms with van der Waals surface area (Å²) in [6.45, 7) is 8.11. The van der Waals surface area contributed by atoms with Crippen LogP contribution in [0.5, 0.6) is 0 Å². The van der Waals surface area contributed by atoms with Gasteiger partial charge >= 0.3 is 0 Å². The summed E-state index contributed by atoms with van der Waals surface area (Å²) < 4.78 is 1.92. The molecule has 1 aromatic carbocycles. The highest BCUT2D eigenvalue weighted by atomic mass is 16.2. The molecule has 2 heterocycles. The molecule has 0 fully saturated rings. The highest BCUT2D eigenvalue weighted by molar-refractivity contribution is 6.48. The standard InChI is InChI=1S/C22H25N3O2/c1-5-15-9-7-10-16(6-2)19(15)24-22(27)20(26)18-13-25(14(3)4)21-17(18)11-8-12-23-21/h7-14H,5-6H2,1-4H3,(H,24,27). The third-order valence-electron chi connectivity index (χ3n) is 4.83. The van der Waals surface area contributed by atoms with Crippen molar-refractivity contribution in [3.63, 3.8) is 0 Å². The maximum absolute atomic E-state index is 12.9. The van der Waals surface area contributed by atoms with E-state index in [1.165, 1.54) is 0 Å². The van der Waals surface area contributed by atoms with Crippen LogP contribution in [0.25, 0.3) is 11.0 Å². The number of aryl methyl sites for hydroxylation is 2. The quantitative estimate of drug-likeness (QED) is 0.516. The number of amides is 1. The molecule has 0 unspecified atom stereocenters. The van der Waals surface area contributed by atoms with E-state index in [9.17, 15) is 9.59 Å². The maximum atomic E-state index is 12.9. The lowest BCUT2D eigenvalue weighted by atomic mass is 10.0. The molecule has 0 bridgehead atoms. The molecule has 1 N–H and O–H groups in total. The summed E-state index contributed by atoms with van der Waals surface area (Å²) >= 11 is 0. The minimum atomic E-state index is -0.614. The van der Waals surface area contributed by atoms with E-state index in [2.05, 4.69) is 10.3 Å². The van der Waals surface area contributed by atoms with E-state index in [-0.39, 0.29) is 6.04 Å². The zero-order chi connectivity index (χ0) is 19.6. The number of ketones is 1. The van der Waals surface area contributed by atoms with Gasteiger partial charge < -0.3 is 9.88 Å². The molecule has 1 amide bonds. The second kappa shape index (κ2) is 7.74. The Morgan fingerprint density at radius 3 is 2.33 bits per heavy atom. The van der Waals surface area contributed by atoms with Crippen LogP contribution < -0.4 is 5.32 Å². The number of fused-ring (bicyclic) bond motifs is 1. The van der Waals surface area contributed by atoms with Gasteiger partial charge in [-0.3, -0.25) is 9.59 Å². The van der Waals surface area contributed by atoms with Crippen LogP contribution in [-0.2, 0) is 17.6 Å². The summed E-state index contributed by atoms with van der Waals surface area (Å²) in [7, 11) is 0. The third-order valence-corrected chi connectivity index (χ3v) is 4.83. The van der Waals surface area contributed by atoms with Crippen LogP contribution in [0, 0.1) is 0 Å². The molecule has 0 aliphatic carbocycles. The van der Waals surface area contributed by atoms with E-state index in [0.717, 1.165) is 29.7 Å². The van der Waals surface area contributed by atoms with E-state index in [0.29, 0.717) is 16.6 Å². The minimum Gasteiger partial charge on any atom is -0.329 e. The number of Topliss-reactive ketones (excluding diaryl/α,β-unsaturated/α-hetero) is 1. The van der Waals surface area contributed by atoms with Crippen LogP contribution >= 0.6 is 0 Å². The summed E-state index contributed by atoms with van der Waals surface area (Å²) in [5.74, 6) is -1.15. The van der Waals surface area contributed by atoms with Crippen molar-refractivity contribution < 1.29 is 9.59 Å². The number of nitrogens with zero attached hydrogens (tertiary/aromatic N) is 2. The van der Waals surface area contributed by atoms with Crippen LogP contribution in [0.1, 0.15) is 55.2 Å². The fourth-order valence-electron chi connectivity index (χ4n) is 3.35. The van der Waals surface area contributed by atoms with Gasteiger partial charge in [0.2, 0.25) is 0 Å². The molecule has 0 aliphatic rings. The van der Waals surface area contributed by atoms with Gasteiger partial charge in [0.15, 0.2) is 0 Å². The average molecular weight is 363 g/mol. The number of aromatic nitrogens is 2. The Balaban J connectivity index is 1.98. The lowest BCUT2D eigenvalue weighted by Crippen LogP contribution is -2.24. The van der Waals surface area contributed by atoms with Crippen LogP contribution in [0.15, 0.2) is 42.7 Å². The molecule has 27 heavy (non-hydrogen) atoms. The molecule has 3 rings (SSSR count). The Bertz CT molecular complexity index is 980. The topological polar surface area (TPSA) is 64.0 Å². The third kappa shape index (κ3) is 3.50. The highest BCUT2D eigenvalue weighted by Gasteiger charge is 2.24. The molecule has 3 aromatic rings.